The van der Waals surface area contributed by atoms with Crippen molar-refractivity contribution in [3.63, 3.8) is 0 Å². The maximum absolute atomic E-state index is 13.1. The Morgan fingerprint density at radius 1 is 1.29 bits per heavy atom. The number of hydrogen-bond donors (Lipinski definition) is 1. The summed E-state index contributed by atoms with van der Waals surface area (Å²) in [6, 6.07) is 3.13. The lowest BCUT2D eigenvalue weighted by atomic mass is 10.2. The molecule has 1 aliphatic rings. The van der Waals surface area contributed by atoms with Crippen molar-refractivity contribution in [1.29, 1.82) is 0 Å². The molecule has 2 N–H and O–H groups in total. The van der Waals surface area contributed by atoms with E-state index < -0.39 is 0 Å². The van der Waals surface area contributed by atoms with Crippen LogP contribution in [0.3, 0.4) is 0 Å². The predicted molar refractivity (Wildman–Crippen MR) is 60.0 cm³/mol. The standard InChI is InChI=1S/C10H12BrFN2/c11-7-5-10(9(13)6-8(7)12)14-3-1-2-4-14/h5-6H,1-4,13H2. The van der Waals surface area contributed by atoms with Crippen molar-refractivity contribution < 1.29 is 4.39 Å². The fraction of sp³-hybridized carbons (Fsp3) is 0.400. The van der Waals surface area contributed by atoms with Crippen molar-refractivity contribution >= 4 is 27.3 Å². The minimum Gasteiger partial charge on any atom is -0.397 e. The number of halogens is 2. The number of rotatable bonds is 1. The highest BCUT2D eigenvalue weighted by atomic mass is 79.9. The normalized spacial score (nSPS) is 16.3. The highest BCUT2D eigenvalue weighted by molar-refractivity contribution is 9.10. The van der Waals surface area contributed by atoms with Gasteiger partial charge in [0.1, 0.15) is 5.82 Å². The highest BCUT2D eigenvalue weighted by Crippen LogP contribution is 2.31. The van der Waals surface area contributed by atoms with Crippen molar-refractivity contribution in [2.24, 2.45) is 0 Å². The average molecular weight is 259 g/mol. The molecular weight excluding hydrogens is 247 g/mol. The molecule has 4 heteroatoms. The summed E-state index contributed by atoms with van der Waals surface area (Å²) in [5, 5.41) is 0. The molecule has 1 aromatic rings. The third kappa shape index (κ3) is 1.71. The zero-order valence-electron chi connectivity index (χ0n) is 7.76. The first-order valence-electron chi connectivity index (χ1n) is 4.68. The van der Waals surface area contributed by atoms with Gasteiger partial charge >= 0.3 is 0 Å². The van der Waals surface area contributed by atoms with E-state index in [1.165, 1.54) is 18.9 Å². The monoisotopic (exact) mass is 258 g/mol. The van der Waals surface area contributed by atoms with E-state index in [9.17, 15) is 4.39 Å². The summed E-state index contributed by atoms with van der Waals surface area (Å²) in [5.41, 5.74) is 7.23. The summed E-state index contributed by atoms with van der Waals surface area (Å²) in [7, 11) is 0. The van der Waals surface area contributed by atoms with E-state index in [0.29, 0.717) is 10.2 Å². The van der Waals surface area contributed by atoms with Gasteiger partial charge in [0.05, 0.1) is 15.8 Å². The maximum Gasteiger partial charge on any atom is 0.139 e. The largest absolute Gasteiger partial charge is 0.397 e. The Bertz CT molecular complexity index is 348. The van der Waals surface area contributed by atoms with Gasteiger partial charge < -0.3 is 10.6 Å². The van der Waals surface area contributed by atoms with Gasteiger partial charge in [0.25, 0.3) is 0 Å². The fourth-order valence-corrected chi connectivity index (χ4v) is 2.11. The quantitative estimate of drug-likeness (QED) is 0.786. The zero-order chi connectivity index (χ0) is 10.1. The lowest BCUT2D eigenvalue weighted by Crippen LogP contribution is -2.19. The molecule has 1 saturated heterocycles. The molecule has 0 atom stereocenters. The molecule has 1 fully saturated rings. The molecule has 0 aromatic heterocycles. The van der Waals surface area contributed by atoms with E-state index in [1.807, 2.05) is 0 Å². The van der Waals surface area contributed by atoms with Crippen LogP contribution in [0.2, 0.25) is 0 Å². The van der Waals surface area contributed by atoms with Gasteiger partial charge in [0.2, 0.25) is 0 Å². The van der Waals surface area contributed by atoms with Gasteiger partial charge in [-0.05, 0) is 34.8 Å². The molecule has 0 saturated carbocycles. The molecule has 0 unspecified atom stereocenters. The number of nitrogen functional groups attached to an aromatic ring is 1. The van der Waals surface area contributed by atoms with E-state index in [4.69, 9.17) is 5.73 Å². The van der Waals surface area contributed by atoms with E-state index >= 15 is 0 Å². The molecule has 1 aromatic carbocycles. The summed E-state index contributed by atoms with van der Waals surface area (Å²) in [6.45, 7) is 2.03. The summed E-state index contributed by atoms with van der Waals surface area (Å²) < 4.78 is 13.6. The first-order chi connectivity index (χ1) is 6.68. The van der Waals surface area contributed by atoms with Gasteiger partial charge in [-0.25, -0.2) is 4.39 Å². The second-order valence-corrected chi connectivity index (χ2v) is 4.37. The molecule has 76 valence electrons. The van der Waals surface area contributed by atoms with E-state index in [1.54, 1.807) is 6.07 Å². The summed E-state index contributed by atoms with van der Waals surface area (Å²) in [5.74, 6) is -0.301. The molecule has 14 heavy (non-hydrogen) atoms. The average Bonchev–Trinajstić information content (AvgIpc) is 2.64. The third-order valence-electron chi connectivity index (χ3n) is 2.52. The fourth-order valence-electron chi connectivity index (χ4n) is 1.78. The number of hydrogen-bond acceptors (Lipinski definition) is 2. The maximum atomic E-state index is 13.1. The summed E-state index contributed by atoms with van der Waals surface area (Å²) >= 11 is 3.17. The van der Waals surface area contributed by atoms with Crippen LogP contribution in [0.4, 0.5) is 15.8 Å². The minimum absolute atomic E-state index is 0.301. The number of nitrogens with two attached hydrogens (primary N) is 1. The van der Waals surface area contributed by atoms with Gasteiger partial charge in [0, 0.05) is 19.2 Å². The van der Waals surface area contributed by atoms with Crippen molar-refractivity contribution in [1.82, 2.24) is 0 Å². The first kappa shape index (κ1) is 9.77. The molecule has 0 bridgehead atoms. The molecular formula is C10H12BrFN2. The summed E-state index contributed by atoms with van der Waals surface area (Å²) in [6.07, 6.45) is 2.38. The van der Waals surface area contributed by atoms with Gasteiger partial charge in [-0.3, -0.25) is 0 Å². The Hall–Kier alpha value is -0.770. The van der Waals surface area contributed by atoms with Gasteiger partial charge in [-0.1, -0.05) is 0 Å². The van der Waals surface area contributed by atoms with Crippen LogP contribution in [0.15, 0.2) is 16.6 Å². The van der Waals surface area contributed by atoms with Crippen molar-refractivity contribution in [3.05, 3.63) is 22.4 Å². The number of nitrogens with zero attached hydrogens (tertiary/aromatic N) is 1. The van der Waals surface area contributed by atoms with Crippen molar-refractivity contribution in [2.75, 3.05) is 23.7 Å². The smallest absolute Gasteiger partial charge is 0.139 e. The summed E-state index contributed by atoms with van der Waals surface area (Å²) in [4.78, 5) is 2.19. The number of anilines is 2. The number of benzene rings is 1. The van der Waals surface area contributed by atoms with Crippen LogP contribution in [-0.2, 0) is 0 Å². The lowest BCUT2D eigenvalue weighted by Gasteiger charge is -2.20. The molecule has 2 rings (SSSR count). The third-order valence-corrected chi connectivity index (χ3v) is 3.12. The molecule has 0 radical (unpaired) electrons. The molecule has 1 aliphatic heterocycles. The molecule has 2 nitrogen and oxygen atoms in total. The van der Waals surface area contributed by atoms with Crippen LogP contribution >= 0.6 is 15.9 Å². The van der Waals surface area contributed by atoms with E-state index in [0.717, 1.165) is 18.8 Å². The van der Waals surface area contributed by atoms with Crippen LogP contribution in [0.5, 0.6) is 0 Å². The Morgan fingerprint density at radius 3 is 2.57 bits per heavy atom. The first-order valence-corrected chi connectivity index (χ1v) is 5.47. The molecule has 0 amide bonds. The van der Waals surface area contributed by atoms with Gasteiger partial charge in [0.15, 0.2) is 0 Å². The van der Waals surface area contributed by atoms with Gasteiger partial charge in [-0.15, -0.1) is 0 Å². The molecule has 0 spiro atoms. The van der Waals surface area contributed by atoms with Crippen LogP contribution < -0.4 is 10.6 Å². The van der Waals surface area contributed by atoms with Crippen LogP contribution in [0, 0.1) is 5.82 Å². The molecule has 1 heterocycles. The van der Waals surface area contributed by atoms with Crippen LogP contribution in [0.25, 0.3) is 0 Å². The van der Waals surface area contributed by atoms with E-state index in [2.05, 4.69) is 20.8 Å². The Labute approximate surface area is 91.0 Å². The predicted octanol–water partition coefficient (Wildman–Crippen LogP) is 2.77. The molecule has 0 aliphatic carbocycles. The van der Waals surface area contributed by atoms with Crippen molar-refractivity contribution in [2.45, 2.75) is 12.8 Å². The lowest BCUT2D eigenvalue weighted by molar-refractivity contribution is 0.621. The minimum atomic E-state index is -0.301. The SMILES string of the molecule is Nc1cc(F)c(Br)cc1N1CCCC1. The van der Waals surface area contributed by atoms with Crippen molar-refractivity contribution in [3.8, 4) is 0 Å². The Kier molecular flexibility index (Phi) is 2.63. The van der Waals surface area contributed by atoms with Gasteiger partial charge in [-0.2, -0.15) is 0 Å². The Balaban J connectivity index is 2.37. The van der Waals surface area contributed by atoms with E-state index in [-0.39, 0.29) is 5.82 Å². The highest BCUT2D eigenvalue weighted by Gasteiger charge is 2.16. The van der Waals surface area contributed by atoms with Crippen LogP contribution in [-0.4, -0.2) is 13.1 Å². The second kappa shape index (κ2) is 3.77. The Morgan fingerprint density at radius 2 is 1.93 bits per heavy atom. The zero-order valence-corrected chi connectivity index (χ0v) is 9.35. The van der Waals surface area contributed by atoms with Crippen LogP contribution in [0.1, 0.15) is 12.8 Å². The topological polar surface area (TPSA) is 29.3 Å². The second-order valence-electron chi connectivity index (χ2n) is 3.52.